The molecule has 0 radical (unpaired) electrons. The Hall–Kier alpha value is -1.04. The number of hydrogen-bond donors (Lipinski definition) is 1. The van der Waals surface area contributed by atoms with E-state index in [4.69, 9.17) is 10.5 Å². The monoisotopic (exact) mass is 306 g/mol. The lowest BCUT2D eigenvalue weighted by atomic mass is 9.87. The van der Waals surface area contributed by atoms with Gasteiger partial charge in [-0.05, 0) is 43.0 Å². The van der Waals surface area contributed by atoms with Gasteiger partial charge in [-0.25, -0.2) is 4.98 Å². The van der Waals surface area contributed by atoms with E-state index < -0.39 is 0 Å². The Kier molecular flexibility index (Phi) is 4.01. The van der Waals surface area contributed by atoms with Crippen LogP contribution in [0.2, 0.25) is 0 Å². The molecule has 0 aliphatic heterocycles. The van der Waals surface area contributed by atoms with Crippen molar-refractivity contribution in [2.45, 2.75) is 35.4 Å². The van der Waals surface area contributed by atoms with Crippen LogP contribution < -0.4 is 10.5 Å². The fraction of sp³-hybridized carbons (Fsp3) is 0.400. The minimum atomic E-state index is 0.0445. The second-order valence-corrected chi connectivity index (χ2v) is 7.38. The van der Waals surface area contributed by atoms with Crippen molar-refractivity contribution in [1.82, 2.24) is 4.98 Å². The van der Waals surface area contributed by atoms with Crippen molar-refractivity contribution < 1.29 is 4.74 Å². The third-order valence-electron chi connectivity index (χ3n) is 3.66. The number of benzene rings is 1. The maximum atomic E-state index is 6.47. The van der Waals surface area contributed by atoms with Gasteiger partial charge in [0.05, 0.1) is 7.11 Å². The lowest BCUT2D eigenvalue weighted by Crippen LogP contribution is -2.29. The highest BCUT2D eigenvalue weighted by Crippen LogP contribution is 2.40. The number of thiazole rings is 1. The van der Waals surface area contributed by atoms with Gasteiger partial charge in [0.25, 0.3) is 0 Å². The van der Waals surface area contributed by atoms with Gasteiger partial charge in [0.2, 0.25) is 0 Å². The summed E-state index contributed by atoms with van der Waals surface area (Å²) in [5, 5.41) is 2.48. The number of aryl methyl sites for hydroxylation is 2. The molecule has 0 saturated heterocycles. The fourth-order valence-corrected chi connectivity index (χ4v) is 4.81. The van der Waals surface area contributed by atoms with Crippen molar-refractivity contribution in [3.63, 3.8) is 0 Å². The third kappa shape index (κ3) is 2.71. The molecule has 3 nitrogen and oxygen atoms in total. The van der Waals surface area contributed by atoms with Crippen molar-refractivity contribution >= 4 is 23.1 Å². The fourth-order valence-electron chi connectivity index (χ4n) is 2.56. The largest absolute Gasteiger partial charge is 0.497 e. The lowest BCUT2D eigenvalue weighted by Gasteiger charge is -2.30. The van der Waals surface area contributed by atoms with Gasteiger partial charge in [-0.15, -0.1) is 11.3 Å². The molecule has 2 atom stereocenters. The van der Waals surface area contributed by atoms with E-state index in [0.29, 0.717) is 5.25 Å². The first-order valence-corrected chi connectivity index (χ1v) is 8.44. The molecular formula is C15H18N2OS2. The molecule has 3 rings (SSSR count). The quantitative estimate of drug-likeness (QED) is 0.942. The average Bonchev–Trinajstić information content (AvgIpc) is 2.87. The van der Waals surface area contributed by atoms with Gasteiger partial charge in [-0.3, -0.25) is 0 Å². The summed E-state index contributed by atoms with van der Waals surface area (Å²) in [4.78, 5) is 4.53. The topological polar surface area (TPSA) is 48.1 Å². The molecule has 2 aromatic rings. The Morgan fingerprint density at radius 2 is 2.30 bits per heavy atom. The zero-order chi connectivity index (χ0) is 14.1. The van der Waals surface area contributed by atoms with Crippen molar-refractivity contribution in [2.24, 2.45) is 5.73 Å². The normalized spacial score (nSPS) is 21.6. The molecule has 5 heteroatoms. The van der Waals surface area contributed by atoms with E-state index in [9.17, 15) is 0 Å². The summed E-state index contributed by atoms with van der Waals surface area (Å²) in [5.74, 6) is 0.884. The van der Waals surface area contributed by atoms with Crippen LogP contribution in [0.15, 0.2) is 27.9 Å². The van der Waals surface area contributed by atoms with Crippen molar-refractivity contribution in [2.75, 3.05) is 7.11 Å². The van der Waals surface area contributed by atoms with Gasteiger partial charge >= 0.3 is 0 Å². The average molecular weight is 306 g/mol. The van der Waals surface area contributed by atoms with E-state index in [-0.39, 0.29) is 6.04 Å². The van der Waals surface area contributed by atoms with E-state index in [2.05, 4.69) is 22.5 Å². The Morgan fingerprint density at radius 1 is 1.45 bits per heavy atom. The van der Waals surface area contributed by atoms with Crippen LogP contribution in [-0.2, 0) is 6.42 Å². The summed E-state index contributed by atoms with van der Waals surface area (Å²) in [5.41, 5.74) is 10.1. The van der Waals surface area contributed by atoms with E-state index in [1.165, 1.54) is 11.1 Å². The SMILES string of the molecule is COc1ccc2c(c1)C(N)C(Sc1nc(C)cs1)CC2. The number of nitrogens with zero attached hydrogens (tertiary/aromatic N) is 1. The molecule has 0 amide bonds. The molecule has 1 aromatic heterocycles. The van der Waals surface area contributed by atoms with Crippen molar-refractivity contribution in [3.05, 3.63) is 40.4 Å². The van der Waals surface area contributed by atoms with Crippen LogP contribution in [0.25, 0.3) is 0 Å². The first-order valence-electron chi connectivity index (χ1n) is 6.68. The standard InChI is InChI=1S/C15H18N2OS2/c1-9-8-19-15(17-9)20-13-6-4-10-3-5-11(18-2)7-12(10)14(13)16/h3,5,7-8,13-14H,4,6,16H2,1-2H3. The van der Waals surface area contributed by atoms with E-state index >= 15 is 0 Å². The third-order valence-corrected chi connectivity index (χ3v) is 6.11. The van der Waals surface area contributed by atoms with E-state index in [1.807, 2.05) is 24.8 Å². The number of hydrogen-bond acceptors (Lipinski definition) is 5. The van der Waals surface area contributed by atoms with Crippen LogP contribution in [0.3, 0.4) is 0 Å². The molecule has 106 valence electrons. The number of fused-ring (bicyclic) bond motifs is 1. The molecule has 0 fully saturated rings. The first kappa shape index (κ1) is 13.9. The minimum Gasteiger partial charge on any atom is -0.497 e. The highest BCUT2D eigenvalue weighted by molar-refractivity contribution is 8.01. The smallest absolute Gasteiger partial charge is 0.150 e. The van der Waals surface area contributed by atoms with Crippen LogP contribution in [0.4, 0.5) is 0 Å². The summed E-state index contributed by atoms with van der Waals surface area (Å²) in [6.07, 6.45) is 2.18. The van der Waals surface area contributed by atoms with E-state index in [1.54, 1.807) is 18.4 Å². The first-order chi connectivity index (χ1) is 9.67. The predicted octanol–water partition coefficient (Wildman–Crippen LogP) is 3.57. The van der Waals surface area contributed by atoms with E-state index in [0.717, 1.165) is 28.6 Å². The van der Waals surface area contributed by atoms with Gasteiger partial charge in [-0.1, -0.05) is 17.8 Å². The maximum absolute atomic E-state index is 6.47. The predicted molar refractivity (Wildman–Crippen MR) is 84.7 cm³/mol. The van der Waals surface area contributed by atoms with Gasteiger partial charge in [0, 0.05) is 22.4 Å². The van der Waals surface area contributed by atoms with Crippen molar-refractivity contribution in [3.8, 4) is 5.75 Å². The van der Waals surface area contributed by atoms with Crippen LogP contribution in [0, 0.1) is 6.92 Å². The lowest BCUT2D eigenvalue weighted by molar-refractivity contribution is 0.412. The number of methoxy groups -OCH3 is 1. The second kappa shape index (κ2) is 5.76. The summed E-state index contributed by atoms with van der Waals surface area (Å²) >= 11 is 3.52. The Bertz CT molecular complexity index is 612. The second-order valence-electron chi connectivity index (χ2n) is 5.04. The Labute approximate surface area is 127 Å². The number of ether oxygens (including phenoxy) is 1. The molecule has 1 heterocycles. The molecule has 20 heavy (non-hydrogen) atoms. The summed E-state index contributed by atoms with van der Waals surface area (Å²) in [6, 6.07) is 6.29. The summed E-state index contributed by atoms with van der Waals surface area (Å²) in [7, 11) is 1.70. The molecule has 1 aromatic carbocycles. The highest BCUT2D eigenvalue weighted by Gasteiger charge is 2.28. The molecule has 0 spiro atoms. The number of thioether (sulfide) groups is 1. The summed E-state index contributed by atoms with van der Waals surface area (Å²) < 4.78 is 6.43. The van der Waals surface area contributed by atoms with Crippen LogP contribution in [-0.4, -0.2) is 17.3 Å². The maximum Gasteiger partial charge on any atom is 0.150 e. The zero-order valence-electron chi connectivity index (χ0n) is 11.6. The molecule has 1 aliphatic rings. The molecular weight excluding hydrogens is 288 g/mol. The molecule has 0 bridgehead atoms. The minimum absolute atomic E-state index is 0.0445. The van der Waals surface area contributed by atoms with Gasteiger partial charge in [0.15, 0.2) is 0 Å². The number of aromatic nitrogens is 1. The number of rotatable bonds is 3. The van der Waals surface area contributed by atoms with Crippen LogP contribution in [0.1, 0.15) is 29.3 Å². The van der Waals surface area contributed by atoms with Gasteiger partial charge < -0.3 is 10.5 Å². The molecule has 0 saturated carbocycles. The number of nitrogens with two attached hydrogens (primary N) is 1. The van der Waals surface area contributed by atoms with Gasteiger partial charge in [0.1, 0.15) is 10.1 Å². The van der Waals surface area contributed by atoms with Gasteiger partial charge in [-0.2, -0.15) is 0 Å². The molecule has 2 N–H and O–H groups in total. The summed E-state index contributed by atoms with van der Waals surface area (Å²) in [6.45, 7) is 2.03. The Morgan fingerprint density at radius 3 is 3.00 bits per heavy atom. The zero-order valence-corrected chi connectivity index (χ0v) is 13.3. The van der Waals surface area contributed by atoms with Crippen LogP contribution in [0.5, 0.6) is 5.75 Å². The highest BCUT2D eigenvalue weighted by atomic mass is 32.2. The van der Waals surface area contributed by atoms with Crippen LogP contribution >= 0.6 is 23.1 Å². The van der Waals surface area contributed by atoms with Crippen molar-refractivity contribution in [1.29, 1.82) is 0 Å². The molecule has 2 unspecified atom stereocenters. The Balaban J connectivity index is 1.82. The molecule has 1 aliphatic carbocycles.